The molecule has 0 atom stereocenters. The van der Waals surface area contributed by atoms with E-state index in [1.54, 1.807) is 0 Å². The summed E-state index contributed by atoms with van der Waals surface area (Å²) in [5, 5.41) is 3.00. The lowest BCUT2D eigenvalue weighted by Crippen LogP contribution is -2.13. The molecule has 1 amide bonds. The predicted molar refractivity (Wildman–Crippen MR) is 110 cm³/mol. The summed E-state index contributed by atoms with van der Waals surface area (Å²) in [4.78, 5) is 21.5. The average molecular weight is 364 g/mol. The summed E-state index contributed by atoms with van der Waals surface area (Å²) in [5.41, 5.74) is 3.83. The Morgan fingerprint density at radius 2 is 2.00 bits per heavy atom. The first-order chi connectivity index (χ1) is 13.0. The van der Waals surface area contributed by atoms with Gasteiger partial charge in [0, 0.05) is 31.3 Å². The number of fused-ring (bicyclic) bond motifs is 1. The van der Waals surface area contributed by atoms with E-state index in [0.717, 1.165) is 54.0 Å². The van der Waals surface area contributed by atoms with Gasteiger partial charge in [-0.2, -0.15) is 0 Å². The second-order valence-corrected chi connectivity index (χ2v) is 7.42. The highest BCUT2D eigenvalue weighted by Crippen LogP contribution is 2.18. The summed E-state index contributed by atoms with van der Waals surface area (Å²) in [6.07, 6.45) is 4.92. The third kappa shape index (κ3) is 4.94. The normalized spacial score (nSPS) is 11.3. The van der Waals surface area contributed by atoms with Gasteiger partial charge in [-0.25, -0.2) is 9.97 Å². The molecule has 1 N–H and O–H groups in total. The highest BCUT2D eigenvalue weighted by Gasteiger charge is 2.13. The van der Waals surface area contributed by atoms with Crippen molar-refractivity contribution >= 4 is 22.8 Å². The fourth-order valence-electron chi connectivity index (χ4n) is 3.15. The van der Waals surface area contributed by atoms with Crippen LogP contribution in [0.4, 0.5) is 5.69 Å². The van der Waals surface area contributed by atoms with Gasteiger partial charge in [0.2, 0.25) is 5.91 Å². The maximum atomic E-state index is 12.3. The van der Waals surface area contributed by atoms with Crippen LogP contribution >= 0.6 is 0 Å². The van der Waals surface area contributed by atoms with Crippen molar-refractivity contribution in [2.24, 2.45) is 5.92 Å². The molecule has 0 unspecified atom stereocenters. The van der Waals surface area contributed by atoms with Crippen molar-refractivity contribution in [2.45, 2.75) is 53.0 Å². The standard InChI is InChI=1S/C22H28N4O/c1-16(2)13-15-26-20(24-19-10-7-14-23-22(19)26)11-6-12-21(27)25-18-9-5-4-8-17(18)3/h4-5,7-10,14,16H,6,11-13,15H2,1-3H3,(H,25,27). The number of carbonyl (C=O) groups excluding carboxylic acids is 1. The van der Waals surface area contributed by atoms with Crippen molar-refractivity contribution in [3.8, 4) is 0 Å². The molecule has 0 aliphatic carbocycles. The molecule has 0 bridgehead atoms. The minimum Gasteiger partial charge on any atom is -0.326 e. The van der Waals surface area contributed by atoms with Gasteiger partial charge in [0.15, 0.2) is 5.65 Å². The van der Waals surface area contributed by atoms with Crippen LogP contribution in [-0.4, -0.2) is 20.4 Å². The van der Waals surface area contributed by atoms with Gasteiger partial charge in [-0.3, -0.25) is 4.79 Å². The summed E-state index contributed by atoms with van der Waals surface area (Å²) in [5.74, 6) is 1.69. The summed E-state index contributed by atoms with van der Waals surface area (Å²) in [6.45, 7) is 7.36. The number of amides is 1. The Kier molecular flexibility index (Phi) is 6.22. The zero-order valence-electron chi connectivity index (χ0n) is 16.4. The van der Waals surface area contributed by atoms with Crippen LogP contribution in [0.25, 0.3) is 11.2 Å². The van der Waals surface area contributed by atoms with Crippen LogP contribution in [0, 0.1) is 12.8 Å². The first-order valence-electron chi connectivity index (χ1n) is 9.70. The number of para-hydroxylation sites is 1. The SMILES string of the molecule is Cc1ccccc1NC(=O)CCCc1nc2cccnc2n1CCC(C)C. The molecule has 0 saturated heterocycles. The molecule has 27 heavy (non-hydrogen) atoms. The van der Waals surface area contributed by atoms with Gasteiger partial charge < -0.3 is 9.88 Å². The van der Waals surface area contributed by atoms with Crippen molar-refractivity contribution < 1.29 is 4.79 Å². The van der Waals surface area contributed by atoms with Crippen LogP contribution in [0.1, 0.15) is 44.5 Å². The van der Waals surface area contributed by atoms with E-state index < -0.39 is 0 Å². The number of hydrogen-bond acceptors (Lipinski definition) is 3. The van der Waals surface area contributed by atoms with Gasteiger partial charge in [0.1, 0.15) is 11.3 Å². The number of pyridine rings is 1. The Hall–Kier alpha value is -2.69. The molecule has 2 heterocycles. The van der Waals surface area contributed by atoms with E-state index in [2.05, 4.69) is 28.7 Å². The Labute approximate surface area is 160 Å². The first-order valence-corrected chi connectivity index (χ1v) is 9.70. The van der Waals surface area contributed by atoms with Crippen molar-refractivity contribution in [2.75, 3.05) is 5.32 Å². The lowest BCUT2D eigenvalue weighted by Gasteiger charge is -2.11. The molecule has 0 spiro atoms. The van der Waals surface area contributed by atoms with Crippen LogP contribution in [0.3, 0.4) is 0 Å². The number of carbonyl (C=O) groups is 1. The third-order valence-corrected chi connectivity index (χ3v) is 4.74. The number of anilines is 1. The van der Waals surface area contributed by atoms with E-state index in [1.807, 2.05) is 49.5 Å². The average Bonchev–Trinajstić information content (AvgIpc) is 2.99. The molecule has 3 aromatic rings. The predicted octanol–water partition coefficient (Wildman–Crippen LogP) is 4.75. The summed E-state index contributed by atoms with van der Waals surface area (Å²) in [6, 6.07) is 11.8. The van der Waals surface area contributed by atoms with E-state index in [4.69, 9.17) is 4.98 Å². The molecule has 142 valence electrons. The number of rotatable bonds is 8. The Morgan fingerprint density at radius 3 is 2.78 bits per heavy atom. The van der Waals surface area contributed by atoms with Crippen LogP contribution in [0.5, 0.6) is 0 Å². The Bertz CT molecular complexity index is 914. The molecule has 0 radical (unpaired) electrons. The zero-order chi connectivity index (χ0) is 19.2. The number of nitrogens with one attached hydrogen (secondary N) is 1. The topological polar surface area (TPSA) is 59.8 Å². The summed E-state index contributed by atoms with van der Waals surface area (Å²) < 4.78 is 2.22. The second kappa shape index (κ2) is 8.80. The maximum absolute atomic E-state index is 12.3. The highest BCUT2D eigenvalue weighted by molar-refractivity contribution is 5.91. The zero-order valence-corrected chi connectivity index (χ0v) is 16.4. The molecule has 0 aliphatic heterocycles. The number of hydrogen-bond donors (Lipinski definition) is 1. The molecule has 0 saturated carbocycles. The van der Waals surface area contributed by atoms with Crippen molar-refractivity contribution in [1.29, 1.82) is 0 Å². The molecule has 1 aromatic carbocycles. The van der Waals surface area contributed by atoms with Gasteiger partial charge >= 0.3 is 0 Å². The van der Waals surface area contributed by atoms with Crippen LogP contribution in [0.2, 0.25) is 0 Å². The molecule has 0 fully saturated rings. The van der Waals surface area contributed by atoms with Crippen molar-refractivity contribution in [1.82, 2.24) is 14.5 Å². The number of nitrogens with zero attached hydrogens (tertiary/aromatic N) is 3. The minimum absolute atomic E-state index is 0.0484. The van der Waals surface area contributed by atoms with Gasteiger partial charge in [0.25, 0.3) is 0 Å². The van der Waals surface area contributed by atoms with Gasteiger partial charge in [-0.15, -0.1) is 0 Å². The Morgan fingerprint density at radius 1 is 1.19 bits per heavy atom. The maximum Gasteiger partial charge on any atom is 0.224 e. The van der Waals surface area contributed by atoms with E-state index in [1.165, 1.54) is 0 Å². The van der Waals surface area contributed by atoms with Crippen LogP contribution in [-0.2, 0) is 17.8 Å². The summed E-state index contributed by atoms with van der Waals surface area (Å²) in [7, 11) is 0. The fourth-order valence-corrected chi connectivity index (χ4v) is 3.15. The molecule has 0 aliphatic rings. The van der Waals surface area contributed by atoms with Gasteiger partial charge in [-0.1, -0.05) is 32.0 Å². The van der Waals surface area contributed by atoms with Gasteiger partial charge in [0.05, 0.1) is 0 Å². The molecule has 3 rings (SSSR count). The second-order valence-electron chi connectivity index (χ2n) is 7.42. The number of benzene rings is 1. The van der Waals surface area contributed by atoms with Crippen LogP contribution in [0.15, 0.2) is 42.6 Å². The molecule has 5 nitrogen and oxygen atoms in total. The van der Waals surface area contributed by atoms with Crippen molar-refractivity contribution in [3.63, 3.8) is 0 Å². The molecule has 5 heteroatoms. The van der Waals surface area contributed by atoms with Crippen molar-refractivity contribution in [3.05, 3.63) is 54.0 Å². The summed E-state index contributed by atoms with van der Waals surface area (Å²) >= 11 is 0. The Balaban J connectivity index is 1.63. The fraction of sp³-hybridized carbons (Fsp3) is 0.409. The highest BCUT2D eigenvalue weighted by atomic mass is 16.1. The quantitative estimate of drug-likeness (QED) is 0.627. The molecule has 2 aromatic heterocycles. The molecular formula is C22H28N4O. The van der Waals surface area contributed by atoms with E-state index in [-0.39, 0.29) is 5.91 Å². The smallest absolute Gasteiger partial charge is 0.224 e. The van der Waals surface area contributed by atoms with E-state index in [9.17, 15) is 4.79 Å². The first kappa shape index (κ1) is 19.1. The number of aryl methyl sites for hydroxylation is 3. The van der Waals surface area contributed by atoms with E-state index in [0.29, 0.717) is 12.3 Å². The van der Waals surface area contributed by atoms with Gasteiger partial charge in [-0.05, 0) is 49.4 Å². The van der Waals surface area contributed by atoms with Crippen LogP contribution < -0.4 is 5.32 Å². The lowest BCUT2D eigenvalue weighted by molar-refractivity contribution is -0.116. The monoisotopic (exact) mass is 364 g/mol. The lowest BCUT2D eigenvalue weighted by atomic mass is 10.1. The number of imidazole rings is 1. The minimum atomic E-state index is 0.0484. The number of aromatic nitrogens is 3. The van der Waals surface area contributed by atoms with E-state index >= 15 is 0 Å². The molecular weight excluding hydrogens is 336 g/mol. The largest absolute Gasteiger partial charge is 0.326 e. The third-order valence-electron chi connectivity index (χ3n) is 4.74.